The number of fused-ring (bicyclic) bond motifs is 4. The SMILES string of the molecule is CC(C)(C)c1cc(CC(C)(C)c2cc3cccnc3c3ncccc23)c2cccnc2c1. The van der Waals surface area contributed by atoms with Crippen LogP contribution in [0.15, 0.2) is 73.2 Å². The van der Waals surface area contributed by atoms with E-state index in [0.717, 1.165) is 28.4 Å². The van der Waals surface area contributed by atoms with Crippen molar-refractivity contribution in [3.05, 3.63) is 89.9 Å². The van der Waals surface area contributed by atoms with E-state index in [9.17, 15) is 0 Å². The fourth-order valence-electron chi connectivity index (χ4n) is 4.75. The van der Waals surface area contributed by atoms with Crippen molar-refractivity contribution in [1.82, 2.24) is 15.0 Å². The topological polar surface area (TPSA) is 38.7 Å². The molecule has 0 saturated carbocycles. The molecule has 5 rings (SSSR count). The van der Waals surface area contributed by atoms with Crippen LogP contribution in [0.5, 0.6) is 0 Å². The second-order valence-electron chi connectivity index (χ2n) is 10.4. The molecule has 0 spiro atoms. The molecule has 3 nitrogen and oxygen atoms in total. The van der Waals surface area contributed by atoms with Crippen LogP contribution in [0.1, 0.15) is 51.3 Å². The number of aromatic nitrogens is 3. The Balaban J connectivity index is 1.71. The van der Waals surface area contributed by atoms with Crippen LogP contribution in [0.2, 0.25) is 0 Å². The van der Waals surface area contributed by atoms with Crippen molar-refractivity contribution >= 4 is 32.7 Å². The molecule has 2 aromatic carbocycles. The molecule has 0 amide bonds. The molecular weight excluding hydrogens is 390 g/mol. The van der Waals surface area contributed by atoms with E-state index in [1.54, 1.807) is 0 Å². The van der Waals surface area contributed by atoms with Crippen molar-refractivity contribution in [3.8, 4) is 0 Å². The highest BCUT2D eigenvalue weighted by molar-refractivity contribution is 6.04. The first-order chi connectivity index (χ1) is 15.2. The third-order valence-electron chi connectivity index (χ3n) is 6.49. The first-order valence-corrected chi connectivity index (χ1v) is 11.3. The second-order valence-corrected chi connectivity index (χ2v) is 10.4. The van der Waals surface area contributed by atoms with Crippen LogP contribution in [-0.4, -0.2) is 15.0 Å². The van der Waals surface area contributed by atoms with Gasteiger partial charge in [0, 0.05) is 34.7 Å². The minimum Gasteiger partial charge on any atom is -0.256 e. The maximum absolute atomic E-state index is 4.71. The molecule has 0 saturated heterocycles. The summed E-state index contributed by atoms with van der Waals surface area (Å²) in [5.74, 6) is 0. The molecule has 3 heteroatoms. The van der Waals surface area contributed by atoms with Crippen LogP contribution in [0, 0.1) is 0 Å². The summed E-state index contributed by atoms with van der Waals surface area (Å²) < 4.78 is 0. The van der Waals surface area contributed by atoms with Gasteiger partial charge in [-0.3, -0.25) is 15.0 Å². The summed E-state index contributed by atoms with van der Waals surface area (Å²) in [7, 11) is 0. The van der Waals surface area contributed by atoms with Gasteiger partial charge in [-0.25, -0.2) is 0 Å². The van der Waals surface area contributed by atoms with Gasteiger partial charge >= 0.3 is 0 Å². The van der Waals surface area contributed by atoms with Crippen LogP contribution in [-0.2, 0) is 17.3 Å². The molecule has 0 aliphatic rings. The Morgan fingerprint density at radius 2 is 1.34 bits per heavy atom. The Morgan fingerprint density at radius 3 is 2.09 bits per heavy atom. The van der Waals surface area contributed by atoms with E-state index in [1.807, 2.05) is 36.8 Å². The fourth-order valence-corrected chi connectivity index (χ4v) is 4.75. The zero-order valence-electron chi connectivity index (χ0n) is 19.5. The summed E-state index contributed by atoms with van der Waals surface area (Å²) in [6.45, 7) is 11.5. The predicted molar refractivity (Wildman–Crippen MR) is 134 cm³/mol. The molecule has 0 atom stereocenters. The van der Waals surface area contributed by atoms with Crippen LogP contribution in [0.25, 0.3) is 32.7 Å². The van der Waals surface area contributed by atoms with Crippen molar-refractivity contribution in [2.75, 3.05) is 0 Å². The minimum absolute atomic E-state index is 0.0653. The molecule has 5 aromatic rings. The lowest BCUT2D eigenvalue weighted by molar-refractivity contribution is 0.527. The predicted octanol–water partition coefficient (Wildman–Crippen LogP) is 7.15. The third-order valence-corrected chi connectivity index (χ3v) is 6.49. The van der Waals surface area contributed by atoms with Gasteiger partial charge in [0.15, 0.2) is 0 Å². The highest BCUT2D eigenvalue weighted by Gasteiger charge is 2.27. The lowest BCUT2D eigenvalue weighted by atomic mass is 9.75. The molecule has 3 aromatic heterocycles. The molecule has 0 fully saturated rings. The molecular formula is C29H29N3. The monoisotopic (exact) mass is 419 g/mol. The average molecular weight is 420 g/mol. The number of hydrogen-bond donors (Lipinski definition) is 0. The minimum atomic E-state index is -0.107. The number of nitrogens with zero attached hydrogens (tertiary/aromatic N) is 3. The zero-order valence-corrected chi connectivity index (χ0v) is 19.5. The summed E-state index contributed by atoms with van der Waals surface area (Å²) in [4.78, 5) is 14.0. The first kappa shape index (κ1) is 20.6. The maximum atomic E-state index is 4.71. The normalized spacial score (nSPS) is 12.7. The summed E-state index contributed by atoms with van der Waals surface area (Å²) in [6, 6.07) is 19.5. The van der Waals surface area contributed by atoms with Crippen LogP contribution in [0.3, 0.4) is 0 Å². The zero-order chi connectivity index (χ0) is 22.5. The molecule has 0 radical (unpaired) electrons. The Labute approximate surface area is 189 Å². The van der Waals surface area contributed by atoms with Gasteiger partial charge in [-0.1, -0.05) is 58.9 Å². The summed E-state index contributed by atoms with van der Waals surface area (Å²) >= 11 is 0. The largest absolute Gasteiger partial charge is 0.256 e. The first-order valence-electron chi connectivity index (χ1n) is 11.3. The molecule has 0 unspecified atom stereocenters. The van der Waals surface area contributed by atoms with Crippen molar-refractivity contribution in [2.45, 2.75) is 51.9 Å². The lowest BCUT2D eigenvalue weighted by Crippen LogP contribution is -2.22. The highest BCUT2D eigenvalue weighted by atomic mass is 14.7. The van der Waals surface area contributed by atoms with Crippen molar-refractivity contribution < 1.29 is 0 Å². The van der Waals surface area contributed by atoms with Crippen molar-refractivity contribution in [3.63, 3.8) is 0 Å². The number of hydrogen-bond acceptors (Lipinski definition) is 3. The van der Waals surface area contributed by atoms with Gasteiger partial charge in [-0.15, -0.1) is 0 Å². The van der Waals surface area contributed by atoms with E-state index >= 15 is 0 Å². The standard InChI is InChI=1S/C29H29N3/c1-28(2,3)21-15-20(22-10-7-12-30-25(22)17-21)18-29(4,5)24-16-19-9-6-13-31-26(19)27-23(24)11-8-14-32-27/h6-17H,18H2,1-5H3. The van der Waals surface area contributed by atoms with E-state index in [1.165, 1.54) is 27.5 Å². The molecule has 0 aliphatic heterocycles. The Bertz CT molecular complexity index is 1460. The van der Waals surface area contributed by atoms with E-state index in [0.29, 0.717) is 0 Å². The lowest BCUT2D eigenvalue weighted by Gasteiger charge is -2.29. The van der Waals surface area contributed by atoms with E-state index in [4.69, 9.17) is 9.97 Å². The van der Waals surface area contributed by atoms with Gasteiger partial charge in [0.05, 0.1) is 16.6 Å². The maximum Gasteiger partial charge on any atom is 0.0967 e. The summed E-state index contributed by atoms with van der Waals surface area (Å²) in [5, 5.41) is 3.55. The smallest absolute Gasteiger partial charge is 0.0967 e. The molecule has 3 heterocycles. The number of rotatable bonds is 3. The highest BCUT2D eigenvalue weighted by Crippen LogP contribution is 2.38. The molecule has 32 heavy (non-hydrogen) atoms. The molecule has 0 aliphatic carbocycles. The number of benzene rings is 2. The van der Waals surface area contributed by atoms with Crippen LogP contribution >= 0.6 is 0 Å². The second kappa shape index (κ2) is 7.37. The van der Waals surface area contributed by atoms with Gasteiger partial charge in [0.1, 0.15) is 0 Å². The Hall–Kier alpha value is -3.33. The van der Waals surface area contributed by atoms with E-state index in [2.05, 4.69) is 76.0 Å². The Morgan fingerprint density at radius 1 is 0.688 bits per heavy atom. The van der Waals surface area contributed by atoms with Crippen molar-refractivity contribution in [1.29, 1.82) is 0 Å². The van der Waals surface area contributed by atoms with Gasteiger partial charge < -0.3 is 0 Å². The van der Waals surface area contributed by atoms with Gasteiger partial charge in [0.2, 0.25) is 0 Å². The molecule has 160 valence electrons. The number of pyridine rings is 3. The van der Waals surface area contributed by atoms with E-state index < -0.39 is 0 Å². The fraction of sp³-hybridized carbons (Fsp3) is 0.276. The van der Waals surface area contributed by atoms with Gasteiger partial charge in [0.25, 0.3) is 0 Å². The Kier molecular flexibility index (Phi) is 4.74. The van der Waals surface area contributed by atoms with Crippen LogP contribution < -0.4 is 0 Å². The summed E-state index contributed by atoms with van der Waals surface area (Å²) in [5.41, 5.74) is 6.94. The molecule has 0 bridgehead atoms. The molecule has 0 N–H and O–H groups in total. The van der Waals surface area contributed by atoms with Gasteiger partial charge in [-0.2, -0.15) is 0 Å². The third kappa shape index (κ3) is 3.52. The van der Waals surface area contributed by atoms with E-state index in [-0.39, 0.29) is 10.8 Å². The van der Waals surface area contributed by atoms with Gasteiger partial charge in [-0.05, 0) is 64.3 Å². The average Bonchev–Trinajstić information content (AvgIpc) is 2.77. The van der Waals surface area contributed by atoms with Crippen LogP contribution in [0.4, 0.5) is 0 Å². The quantitative estimate of drug-likeness (QED) is 0.291. The summed E-state index contributed by atoms with van der Waals surface area (Å²) in [6.07, 6.45) is 6.51. The van der Waals surface area contributed by atoms with Crippen molar-refractivity contribution in [2.24, 2.45) is 0 Å².